The SMILES string of the molecule is Cc1cc(C)n(-c2ccc(CNC3CCCC34CCOCC4)cn2)n1. The van der Waals surface area contributed by atoms with Gasteiger partial charge in [-0.3, -0.25) is 0 Å². The summed E-state index contributed by atoms with van der Waals surface area (Å²) in [6.45, 7) is 6.81. The third kappa shape index (κ3) is 3.35. The summed E-state index contributed by atoms with van der Waals surface area (Å²) in [5.41, 5.74) is 3.84. The van der Waals surface area contributed by atoms with Crippen molar-refractivity contribution in [1.29, 1.82) is 0 Å². The first-order valence-corrected chi connectivity index (χ1v) is 9.46. The lowest BCUT2D eigenvalue weighted by Crippen LogP contribution is -2.44. The molecule has 5 heteroatoms. The quantitative estimate of drug-likeness (QED) is 0.928. The van der Waals surface area contributed by atoms with E-state index in [1.807, 2.05) is 17.8 Å². The molecule has 2 aromatic heterocycles. The zero-order valence-corrected chi connectivity index (χ0v) is 15.3. The zero-order chi connectivity index (χ0) is 17.3. The fourth-order valence-corrected chi connectivity index (χ4v) is 4.58. The van der Waals surface area contributed by atoms with E-state index < -0.39 is 0 Å². The summed E-state index contributed by atoms with van der Waals surface area (Å²) in [6.07, 6.45) is 8.37. The second-order valence-corrected chi connectivity index (χ2v) is 7.66. The third-order valence-corrected chi connectivity index (χ3v) is 5.98. The molecule has 1 unspecified atom stereocenters. The molecule has 5 nitrogen and oxygen atoms in total. The first kappa shape index (κ1) is 16.7. The zero-order valence-electron chi connectivity index (χ0n) is 15.3. The van der Waals surface area contributed by atoms with Gasteiger partial charge in [-0.05, 0) is 62.6 Å². The summed E-state index contributed by atoms with van der Waals surface area (Å²) in [5.74, 6) is 0.885. The molecule has 0 amide bonds. The Labute approximate surface area is 149 Å². The minimum Gasteiger partial charge on any atom is -0.381 e. The number of hydrogen-bond acceptors (Lipinski definition) is 4. The van der Waals surface area contributed by atoms with Crippen LogP contribution in [-0.2, 0) is 11.3 Å². The van der Waals surface area contributed by atoms with Crippen molar-refractivity contribution in [3.63, 3.8) is 0 Å². The molecule has 1 saturated heterocycles. The van der Waals surface area contributed by atoms with Gasteiger partial charge in [0.25, 0.3) is 0 Å². The summed E-state index contributed by atoms with van der Waals surface area (Å²) in [4.78, 5) is 4.61. The van der Waals surface area contributed by atoms with Gasteiger partial charge in [-0.25, -0.2) is 9.67 Å². The van der Waals surface area contributed by atoms with Crippen LogP contribution in [0, 0.1) is 19.3 Å². The van der Waals surface area contributed by atoms with Gasteiger partial charge in [0.2, 0.25) is 0 Å². The van der Waals surface area contributed by atoms with E-state index in [1.165, 1.54) is 37.7 Å². The van der Waals surface area contributed by atoms with Crippen molar-refractivity contribution < 1.29 is 4.74 Å². The Morgan fingerprint density at radius 1 is 1.24 bits per heavy atom. The molecular formula is C20H28N4O. The molecule has 0 bridgehead atoms. The minimum atomic E-state index is 0.468. The number of rotatable bonds is 4. The maximum Gasteiger partial charge on any atom is 0.153 e. The average Bonchev–Trinajstić information content (AvgIpc) is 3.17. The highest BCUT2D eigenvalue weighted by Crippen LogP contribution is 2.46. The topological polar surface area (TPSA) is 52.0 Å². The van der Waals surface area contributed by atoms with E-state index in [9.17, 15) is 0 Å². The predicted octanol–water partition coefficient (Wildman–Crippen LogP) is 3.32. The van der Waals surface area contributed by atoms with Crippen molar-refractivity contribution in [2.24, 2.45) is 5.41 Å². The summed E-state index contributed by atoms with van der Waals surface area (Å²) in [6, 6.07) is 6.92. The normalized spacial score (nSPS) is 22.6. The Balaban J connectivity index is 1.41. The smallest absolute Gasteiger partial charge is 0.153 e. The molecule has 0 aromatic carbocycles. The fourth-order valence-electron chi connectivity index (χ4n) is 4.58. The van der Waals surface area contributed by atoms with Crippen molar-refractivity contribution in [3.05, 3.63) is 41.3 Å². The number of hydrogen-bond donors (Lipinski definition) is 1. The molecular weight excluding hydrogens is 312 g/mol. The number of ether oxygens (including phenoxy) is 1. The lowest BCUT2D eigenvalue weighted by molar-refractivity contribution is 0.00414. The first-order chi connectivity index (χ1) is 12.2. The van der Waals surface area contributed by atoms with Gasteiger partial charge in [0, 0.05) is 37.7 Å². The van der Waals surface area contributed by atoms with Crippen molar-refractivity contribution in [2.75, 3.05) is 13.2 Å². The van der Waals surface area contributed by atoms with Crippen LogP contribution in [0.5, 0.6) is 0 Å². The molecule has 1 N–H and O–H groups in total. The molecule has 3 heterocycles. The third-order valence-electron chi connectivity index (χ3n) is 5.98. The predicted molar refractivity (Wildman–Crippen MR) is 97.8 cm³/mol. The lowest BCUT2D eigenvalue weighted by Gasteiger charge is -2.39. The summed E-state index contributed by atoms with van der Waals surface area (Å²) >= 11 is 0. The van der Waals surface area contributed by atoms with Gasteiger partial charge in [-0.1, -0.05) is 12.5 Å². The van der Waals surface area contributed by atoms with Crippen LogP contribution in [0.1, 0.15) is 49.1 Å². The second-order valence-electron chi connectivity index (χ2n) is 7.66. The largest absolute Gasteiger partial charge is 0.381 e. The van der Waals surface area contributed by atoms with Crippen LogP contribution in [0.2, 0.25) is 0 Å². The van der Waals surface area contributed by atoms with E-state index >= 15 is 0 Å². The fraction of sp³-hybridized carbons (Fsp3) is 0.600. The monoisotopic (exact) mass is 340 g/mol. The lowest BCUT2D eigenvalue weighted by atomic mass is 9.75. The van der Waals surface area contributed by atoms with E-state index in [0.717, 1.165) is 37.0 Å². The van der Waals surface area contributed by atoms with Crippen LogP contribution in [0.15, 0.2) is 24.4 Å². The Morgan fingerprint density at radius 2 is 2.08 bits per heavy atom. The van der Waals surface area contributed by atoms with Gasteiger partial charge in [0.15, 0.2) is 5.82 Å². The van der Waals surface area contributed by atoms with Crippen molar-refractivity contribution in [2.45, 2.75) is 58.5 Å². The molecule has 1 spiro atoms. The van der Waals surface area contributed by atoms with E-state index in [0.29, 0.717) is 11.5 Å². The Hall–Kier alpha value is -1.72. The molecule has 1 aliphatic carbocycles. The second kappa shape index (κ2) is 6.89. The Bertz CT molecular complexity index is 716. The number of nitrogens with one attached hydrogen (secondary N) is 1. The van der Waals surface area contributed by atoms with Crippen LogP contribution < -0.4 is 5.32 Å². The average molecular weight is 340 g/mol. The maximum absolute atomic E-state index is 5.59. The Kier molecular flexibility index (Phi) is 4.61. The number of pyridine rings is 1. The van der Waals surface area contributed by atoms with Gasteiger partial charge >= 0.3 is 0 Å². The molecule has 2 aromatic rings. The number of nitrogens with zero attached hydrogens (tertiary/aromatic N) is 3. The molecule has 2 aliphatic rings. The van der Waals surface area contributed by atoms with Crippen LogP contribution in [0.25, 0.3) is 5.82 Å². The van der Waals surface area contributed by atoms with Crippen molar-refractivity contribution in [3.8, 4) is 5.82 Å². The summed E-state index contributed by atoms with van der Waals surface area (Å²) < 4.78 is 7.49. The maximum atomic E-state index is 5.59. The summed E-state index contributed by atoms with van der Waals surface area (Å²) in [7, 11) is 0. The molecule has 0 radical (unpaired) electrons. The highest BCUT2D eigenvalue weighted by atomic mass is 16.5. The minimum absolute atomic E-state index is 0.468. The van der Waals surface area contributed by atoms with Gasteiger partial charge < -0.3 is 10.1 Å². The van der Waals surface area contributed by atoms with Crippen molar-refractivity contribution in [1.82, 2.24) is 20.1 Å². The molecule has 1 saturated carbocycles. The van der Waals surface area contributed by atoms with Crippen LogP contribution in [-0.4, -0.2) is 34.0 Å². The highest BCUT2D eigenvalue weighted by molar-refractivity contribution is 5.28. The molecule has 4 rings (SSSR count). The highest BCUT2D eigenvalue weighted by Gasteiger charge is 2.43. The van der Waals surface area contributed by atoms with E-state index in [1.54, 1.807) is 0 Å². The molecule has 1 atom stereocenters. The standard InChI is InChI=1S/C20H28N4O/c1-15-12-16(2)24(23-15)19-6-5-17(14-22-19)13-21-18-4-3-7-20(18)8-10-25-11-9-20/h5-6,12,14,18,21H,3-4,7-11,13H2,1-2H3. The molecule has 25 heavy (non-hydrogen) atoms. The van der Waals surface area contributed by atoms with Crippen molar-refractivity contribution >= 4 is 0 Å². The molecule has 1 aliphatic heterocycles. The summed E-state index contributed by atoms with van der Waals surface area (Å²) in [5, 5.41) is 8.32. The number of aromatic nitrogens is 3. The molecule has 2 fully saturated rings. The van der Waals surface area contributed by atoms with Crippen LogP contribution in [0.4, 0.5) is 0 Å². The van der Waals surface area contributed by atoms with Gasteiger partial charge in [0.1, 0.15) is 0 Å². The number of aryl methyl sites for hydroxylation is 2. The van der Waals surface area contributed by atoms with Crippen LogP contribution in [0.3, 0.4) is 0 Å². The van der Waals surface area contributed by atoms with Gasteiger partial charge in [-0.2, -0.15) is 5.10 Å². The van der Waals surface area contributed by atoms with Crippen LogP contribution >= 0.6 is 0 Å². The van der Waals surface area contributed by atoms with E-state index in [4.69, 9.17) is 4.74 Å². The first-order valence-electron chi connectivity index (χ1n) is 9.46. The molecule has 134 valence electrons. The van der Waals surface area contributed by atoms with E-state index in [-0.39, 0.29) is 0 Å². The Morgan fingerprint density at radius 3 is 2.76 bits per heavy atom. The van der Waals surface area contributed by atoms with E-state index in [2.05, 4.69) is 40.5 Å². The van der Waals surface area contributed by atoms with Gasteiger partial charge in [0.05, 0.1) is 5.69 Å². The van der Waals surface area contributed by atoms with Gasteiger partial charge in [-0.15, -0.1) is 0 Å².